The molecule has 16 nitrogen and oxygen atoms in total. The Morgan fingerprint density at radius 2 is 1.51 bits per heavy atom. The van der Waals surface area contributed by atoms with Crippen molar-refractivity contribution >= 4 is 35.6 Å². The molecule has 2 saturated carbocycles. The van der Waals surface area contributed by atoms with E-state index in [9.17, 15) is 39.3 Å². The maximum atomic E-state index is 15.6. The number of aliphatic hydroxyl groups excluding tert-OH is 2. The average molecular weight is 894 g/mol. The SMILES string of the molecule is CC(=O)O[C@H]1C(=O)[C@@]2(C)C3C(OC(=O)c4ccccc4)[C@]4(O)C[C@H](OC(=O)[C@H](O)[C@@H](NC(=O)c5ccccc5)c5ccccc5OC/C=C\C(=O)O[C@]35CO[C@@H]5C[C@@H]2O)C(C)=C1C4(C)C. The largest absolute Gasteiger partial charge is 0.489 e. The highest BCUT2D eigenvalue weighted by Crippen LogP contribution is 2.64. The summed E-state index contributed by atoms with van der Waals surface area (Å²) >= 11 is 0. The van der Waals surface area contributed by atoms with Crippen molar-refractivity contribution in [1.29, 1.82) is 0 Å². The molecule has 3 fully saturated rings. The number of ketones is 1. The van der Waals surface area contributed by atoms with E-state index in [1.54, 1.807) is 68.4 Å². The van der Waals surface area contributed by atoms with Crippen molar-refractivity contribution in [3.05, 3.63) is 125 Å². The Morgan fingerprint density at radius 1 is 0.862 bits per heavy atom. The Bertz CT molecular complexity index is 2470. The molecular weight excluding hydrogens is 843 g/mol. The number of hydrogen-bond acceptors (Lipinski definition) is 15. The van der Waals surface area contributed by atoms with Crippen LogP contribution in [0.5, 0.6) is 5.75 Å². The van der Waals surface area contributed by atoms with Gasteiger partial charge < -0.3 is 49.1 Å². The number of carbonyl (C=O) groups excluding carboxylic acids is 6. The van der Waals surface area contributed by atoms with Gasteiger partial charge in [-0.15, -0.1) is 0 Å². The van der Waals surface area contributed by atoms with Crippen LogP contribution >= 0.6 is 0 Å². The molecule has 1 spiro atoms. The number of nitrogens with one attached hydrogen (secondary N) is 1. The lowest BCUT2D eigenvalue weighted by atomic mass is 9.44. The molecule has 0 radical (unpaired) electrons. The third-order valence-electron chi connectivity index (χ3n) is 14.1. The highest BCUT2D eigenvalue weighted by molar-refractivity contribution is 5.96. The van der Waals surface area contributed by atoms with Gasteiger partial charge in [-0.25, -0.2) is 14.4 Å². The first-order valence-electron chi connectivity index (χ1n) is 21.4. The van der Waals surface area contributed by atoms with Gasteiger partial charge in [-0.3, -0.25) is 14.4 Å². The quantitative estimate of drug-likeness (QED) is 0.163. The summed E-state index contributed by atoms with van der Waals surface area (Å²) in [7, 11) is 0. The Balaban J connectivity index is 1.36. The summed E-state index contributed by atoms with van der Waals surface area (Å²) in [6.45, 7) is 6.49. The summed E-state index contributed by atoms with van der Waals surface area (Å²) in [5.74, 6) is -7.07. The number of rotatable bonds is 5. The van der Waals surface area contributed by atoms with E-state index in [1.807, 2.05) is 0 Å². The normalized spacial score (nSPS) is 34.6. The van der Waals surface area contributed by atoms with E-state index < -0.39 is 113 Å². The van der Waals surface area contributed by atoms with Crippen LogP contribution in [0.1, 0.15) is 79.8 Å². The number of esters is 4. The lowest BCUT2D eigenvalue weighted by molar-refractivity contribution is -0.345. The number of amides is 1. The maximum absolute atomic E-state index is 15.6. The van der Waals surface area contributed by atoms with Gasteiger partial charge >= 0.3 is 23.9 Å². The van der Waals surface area contributed by atoms with Crippen LogP contribution in [0.4, 0.5) is 0 Å². The molecular formula is C49H51NO15. The van der Waals surface area contributed by atoms with Crippen LogP contribution in [0.3, 0.4) is 0 Å². The van der Waals surface area contributed by atoms with Gasteiger partial charge in [0, 0.05) is 42.4 Å². The Labute approximate surface area is 374 Å². The minimum atomic E-state index is -2.42. The predicted molar refractivity (Wildman–Crippen MR) is 227 cm³/mol. The fourth-order valence-electron chi connectivity index (χ4n) is 10.6. The van der Waals surface area contributed by atoms with Gasteiger partial charge in [-0.1, -0.05) is 68.4 Å². The van der Waals surface area contributed by atoms with Crippen LogP contribution in [0.2, 0.25) is 0 Å². The second-order valence-electron chi connectivity index (χ2n) is 18.0. The molecule has 1 amide bonds. The second-order valence-corrected chi connectivity index (χ2v) is 18.0. The van der Waals surface area contributed by atoms with Crippen LogP contribution in [0, 0.1) is 16.7 Å². The van der Waals surface area contributed by atoms with E-state index in [1.165, 1.54) is 50.3 Å². The van der Waals surface area contributed by atoms with Crippen molar-refractivity contribution < 1.29 is 72.5 Å². The molecule has 4 N–H and O–H groups in total. The van der Waals surface area contributed by atoms with Gasteiger partial charge in [-0.05, 0) is 61.4 Å². The van der Waals surface area contributed by atoms with Crippen molar-refractivity contribution in [3.63, 3.8) is 0 Å². The molecule has 8 rings (SSSR count). The van der Waals surface area contributed by atoms with E-state index in [4.69, 9.17) is 28.4 Å². The molecule has 11 atom stereocenters. The minimum Gasteiger partial charge on any atom is -0.489 e. The monoisotopic (exact) mass is 893 g/mol. The van der Waals surface area contributed by atoms with Gasteiger partial charge in [0.15, 0.2) is 23.6 Å². The molecule has 0 aromatic heterocycles. The highest BCUT2D eigenvalue weighted by atomic mass is 16.6. The Morgan fingerprint density at radius 3 is 2.15 bits per heavy atom. The van der Waals surface area contributed by atoms with Crippen molar-refractivity contribution in [3.8, 4) is 5.75 Å². The van der Waals surface area contributed by atoms with Crippen molar-refractivity contribution in [2.24, 2.45) is 16.7 Å². The predicted octanol–water partition coefficient (Wildman–Crippen LogP) is 3.66. The number of fused-ring (bicyclic) bond motifs is 3. The smallest absolute Gasteiger partial charge is 0.338 e. The van der Waals surface area contributed by atoms with Gasteiger partial charge in [0.05, 0.1) is 35.6 Å². The molecule has 2 unspecified atom stereocenters. The second kappa shape index (κ2) is 17.0. The van der Waals surface area contributed by atoms with Crippen LogP contribution in [0.15, 0.2) is 108 Å². The zero-order chi connectivity index (χ0) is 46.6. The molecule has 3 aromatic rings. The van der Waals surface area contributed by atoms with E-state index in [-0.39, 0.29) is 53.2 Å². The summed E-state index contributed by atoms with van der Waals surface area (Å²) in [6.07, 6.45) is -8.47. The number of aliphatic hydroxyl groups is 3. The summed E-state index contributed by atoms with van der Waals surface area (Å²) < 4.78 is 36.8. The van der Waals surface area contributed by atoms with Crippen LogP contribution < -0.4 is 10.1 Å². The van der Waals surface area contributed by atoms with Crippen molar-refractivity contribution in [2.45, 2.75) is 101 Å². The van der Waals surface area contributed by atoms with Gasteiger partial charge in [0.25, 0.3) is 5.91 Å². The van der Waals surface area contributed by atoms with Gasteiger partial charge in [0.1, 0.15) is 36.3 Å². The molecule has 4 bridgehead atoms. The first-order valence-corrected chi connectivity index (χ1v) is 21.4. The lowest BCUT2D eigenvalue weighted by Crippen LogP contribution is -2.82. The molecule has 65 heavy (non-hydrogen) atoms. The molecule has 3 aromatic carbocycles. The zero-order valence-electron chi connectivity index (χ0n) is 36.4. The van der Waals surface area contributed by atoms with E-state index in [0.717, 1.165) is 13.0 Å². The van der Waals surface area contributed by atoms with E-state index in [2.05, 4.69) is 5.32 Å². The Hall–Kier alpha value is -6.20. The van der Waals surface area contributed by atoms with Crippen molar-refractivity contribution in [1.82, 2.24) is 5.32 Å². The molecule has 1 saturated heterocycles. The van der Waals surface area contributed by atoms with E-state index in [0.29, 0.717) is 0 Å². The fraction of sp³-hybridized carbons (Fsp3) is 0.429. The number of Topliss-reactive ketones (excluding diaryl/α,β-unsaturated/α-hetero) is 1. The van der Waals surface area contributed by atoms with E-state index >= 15 is 4.79 Å². The summed E-state index contributed by atoms with van der Waals surface area (Å²) in [6, 6.07) is 20.7. The maximum Gasteiger partial charge on any atom is 0.338 e. The molecule has 342 valence electrons. The number of hydrogen-bond donors (Lipinski definition) is 4. The highest BCUT2D eigenvalue weighted by Gasteiger charge is 2.78. The van der Waals surface area contributed by atoms with Gasteiger partial charge in [0.2, 0.25) is 0 Å². The summed E-state index contributed by atoms with van der Waals surface area (Å²) in [5, 5.41) is 40.8. The molecule has 5 aliphatic rings. The summed E-state index contributed by atoms with van der Waals surface area (Å²) in [5.41, 5.74) is -7.53. The first kappa shape index (κ1) is 45.4. The molecule has 2 aliphatic heterocycles. The number of para-hydroxylation sites is 1. The number of benzene rings is 3. The topological polar surface area (TPSA) is 231 Å². The number of ether oxygens (including phenoxy) is 6. The molecule has 16 heteroatoms. The average Bonchev–Trinajstić information content (AvgIpc) is 3.28. The summed E-state index contributed by atoms with van der Waals surface area (Å²) in [4.78, 5) is 85.5. The zero-order valence-corrected chi connectivity index (χ0v) is 36.4. The lowest BCUT2D eigenvalue weighted by Gasteiger charge is -2.67. The fourth-order valence-corrected chi connectivity index (χ4v) is 10.6. The molecule has 2 heterocycles. The van der Waals surface area contributed by atoms with Crippen LogP contribution in [-0.4, -0.2) is 112 Å². The molecule has 3 aliphatic carbocycles. The third-order valence-corrected chi connectivity index (χ3v) is 14.1. The third kappa shape index (κ3) is 7.51. The van der Waals surface area contributed by atoms with Crippen LogP contribution in [-0.2, 0) is 42.9 Å². The first-order chi connectivity index (χ1) is 30.8. The minimum absolute atomic E-state index is 0.0191. The van der Waals surface area contributed by atoms with Gasteiger partial charge in [-0.2, -0.15) is 0 Å². The van der Waals surface area contributed by atoms with Crippen LogP contribution in [0.25, 0.3) is 0 Å². The standard InChI is InChI=1S/C49H51NO15/c1-26-32-24-49(59)42(64-44(57)29-17-10-7-11-18-29)40-47(5,41(55)39(62-27(2)51)36(26)46(49,3)4)33(52)23-34-48(40,25-61-34)65-35(53)21-14-22-60-31-20-13-12-19-30(31)37(38(54)45(58)63-32)50-43(56)28-15-8-6-9-16-28/h6-21,32-34,37-40,42,52,54,59H,22-25H2,1-5H3,(H,50,56)/b21-14-/t32-,33-,34+,37-,38+,39+,40?,42?,47+,48-,49+/m0/s1. The number of carbonyl (C=O) groups is 6. The Kier molecular flexibility index (Phi) is 11.9. The van der Waals surface area contributed by atoms with Crippen molar-refractivity contribution in [2.75, 3.05) is 13.2 Å².